The maximum absolute atomic E-state index is 4.33. The molecule has 25 heavy (non-hydrogen) atoms. The molecule has 0 amide bonds. The van der Waals surface area contributed by atoms with E-state index < -0.39 is 0 Å². The number of allylic oxidation sites excluding steroid dienone is 3. The molecule has 0 aromatic heterocycles. The van der Waals surface area contributed by atoms with E-state index in [1.54, 1.807) is 0 Å². The number of fused-ring (bicyclic) bond motifs is 1. The minimum Gasteiger partial charge on any atom is -0.348 e. The van der Waals surface area contributed by atoms with Gasteiger partial charge in [0.2, 0.25) is 0 Å². The lowest BCUT2D eigenvalue weighted by molar-refractivity contribution is 0.333. The number of piperazine rings is 1. The van der Waals surface area contributed by atoms with Crippen molar-refractivity contribution in [2.24, 2.45) is 0 Å². The Labute approximate surface area is 150 Å². The van der Waals surface area contributed by atoms with Crippen LogP contribution in [0.25, 0.3) is 0 Å². The lowest BCUT2D eigenvalue weighted by Crippen LogP contribution is -2.42. The second-order valence-corrected chi connectivity index (χ2v) is 6.73. The number of hydrogen-bond acceptors (Lipinski definition) is 2. The Kier molecular flexibility index (Phi) is 4.53. The van der Waals surface area contributed by atoms with Gasteiger partial charge in [0.25, 0.3) is 0 Å². The minimum atomic E-state index is 0.249. The maximum atomic E-state index is 4.33. The summed E-state index contributed by atoms with van der Waals surface area (Å²) in [5.41, 5.74) is 6.50. The third-order valence-electron chi connectivity index (χ3n) is 5.03. The van der Waals surface area contributed by atoms with E-state index in [-0.39, 0.29) is 6.04 Å². The van der Waals surface area contributed by atoms with Gasteiger partial charge in [-0.15, -0.1) is 0 Å². The van der Waals surface area contributed by atoms with Crippen molar-refractivity contribution < 1.29 is 0 Å². The topological polar surface area (TPSA) is 15.3 Å². The van der Waals surface area contributed by atoms with Crippen LogP contribution in [0.1, 0.15) is 23.6 Å². The zero-order valence-corrected chi connectivity index (χ0v) is 14.5. The van der Waals surface area contributed by atoms with Gasteiger partial charge in [0, 0.05) is 25.0 Å². The Balaban J connectivity index is 1.52. The number of rotatable bonds is 4. The van der Waals surface area contributed by atoms with Gasteiger partial charge in [-0.2, -0.15) is 0 Å². The summed E-state index contributed by atoms with van der Waals surface area (Å²) in [4.78, 5) is 2.41. The normalized spacial score (nSPS) is 19.9. The molecule has 0 bridgehead atoms. The molecule has 0 spiro atoms. The first-order valence-corrected chi connectivity index (χ1v) is 9.02. The Bertz CT molecular complexity index is 803. The predicted octanol–water partition coefficient (Wildman–Crippen LogP) is 4.60. The van der Waals surface area contributed by atoms with Crippen LogP contribution in [0.3, 0.4) is 0 Å². The predicted molar refractivity (Wildman–Crippen MR) is 104 cm³/mol. The van der Waals surface area contributed by atoms with Crippen molar-refractivity contribution in [3.05, 3.63) is 107 Å². The van der Waals surface area contributed by atoms with Gasteiger partial charge < -0.3 is 10.2 Å². The average molecular weight is 328 g/mol. The lowest BCUT2D eigenvalue weighted by Gasteiger charge is -2.39. The molecule has 1 saturated heterocycles. The third-order valence-corrected chi connectivity index (χ3v) is 5.03. The van der Waals surface area contributed by atoms with Crippen molar-refractivity contribution in [1.82, 2.24) is 10.2 Å². The molecule has 2 aromatic rings. The molecule has 2 nitrogen and oxygen atoms in total. The Morgan fingerprint density at radius 3 is 2.44 bits per heavy atom. The summed E-state index contributed by atoms with van der Waals surface area (Å²) in [6.45, 7) is 6.33. The molecule has 1 unspecified atom stereocenters. The van der Waals surface area contributed by atoms with E-state index in [1.165, 1.54) is 22.4 Å². The fraction of sp³-hybridized carbons (Fsp3) is 0.217. The van der Waals surface area contributed by atoms with Gasteiger partial charge in [-0.25, -0.2) is 0 Å². The van der Waals surface area contributed by atoms with Crippen molar-refractivity contribution in [1.29, 1.82) is 0 Å². The smallest absolute Gasteiger partial charge is 0.0731 e. The second-order valence-electron chi connectivity index (χ2n) is 6.73. The molecular formula is C23H24N2. The van der Waals surface area contributed by atoms with Gasteiger partial charge in [-0.05, 0) is 41.2 Å². The van der Waals surface area contributed by atoms with Crippen molar-refractivity contribution in [2.45, 2.75) is 18.9 Å². The number of benzene rings is 2. The summed E-state index contributed by atoms with van der Waals surface area (Å²) in [5.74, 6) is 0. The molecule has 1 fully saturated rings. The monoisotopic (exact) mass is 328 g/mol. The fourth-order valence-corrected chi connectivity index (χ4v) is 3.66. The fourth-order valence-electron chi connectivity index (χ4n) is 3.66. The van der Waals surface area contributed by atoms with Gasteiger partial charge in [0.1, 0.15) is 0 Å². The highest BCUT2D eigenvalue weighted by Crippen LogP contribution is 2.34. The van der Waals surface area contributed by atoms with Crippen LogP contribution >= 0.6 is 0 Å². The van der Waals surface area contributed by atoms with Gasteiger partial charge >= 0.3 is 0 Å². The standard InChI is InChI=1S/C23H24N2/c1-18-16-22-23(20-10-6-3-7-11-20)24-14-15-25(22)17-21(18)13-12-19-8-4-2-5-9-19/h2-11,16-17,23-24H,1,12-15H2. The lowest BCUT2D eigenvalue weighted by atomic mass is 9.92. The average Bonchev–Trinajstić information content (AvgIpc) is 2.67. The zero-order valence-electron chi connectivity index (χ0n) is 14.5. The first-order chi connectivity index (χ1) is 12.3. The molecule has 2 aromatic carbocycles. The van der Waals surface area contributed by atoms with Crippen LogP contribution in [0.15, 0.2) is 96.4 Å². The van der Waals surface area contributed by atoms with Crippen LogP contribution in [0.2, 0.25) is 0 Å². The summed E-state index contributed by atoms with van der Waals surface area (Å²) < 4.78 is 0. The highest BCUT2D eigenvalue weighted by atomic mass is 15.2. The largest absolute Gasteiger partial charge is 0.348 e. The van der Waals surface area contributed by atoms with E-state index in [0.29, 0.717) is 0 Å². The molecule has 126 valence electrons. The molecular weight excluding hydrogens is 304 g/mol. The van der Waals surface area contributed by atoms with Crippen molar-refractivity contribution in [3.8, 4) is 0 Å². The van der Waals surface area contributed by atoms with Crippen molar-refractivity contribution in [3.63, 3.8) is 0 Å². The van der Waals surface area contributed by atoms with E-state index >= 15 is 0 Å². The first kappa shape index (κ1) is 15.9. The molecule has 0 saturated carbocycles. The van der Waals surface area contributed by atoms with Crippen LogP contribution in [-0.4, -0.2) is 18.0 Å². The van der Waals surface area contributed by atoms with Crippen LogP contribution < -0.4 is 5.32 Å². The molecule has 2 heterocycles. The van der Waals surface area contributed by atoms with Crippen molar-refractivity contribution >= 4 is 0 Å². The number of aryl methyl sites for hydroxylation is 1. The molecule has 4 rings (SSSR count). The summed E-state index contributed by atoms with van der Waals surface area (Å²) >= 11 is 0. The number of hydrogen-bond donors (Lipinski definition) is 1. The highest BCUT2D eigenvalue weighted by Gasteiger charge is 2.27. The SMILES string of the molecule is C=C1C=C2C(c3ccccc3)NCCN2C=C1CCc1ccccc1. The molecule has 2 aliphatic rings. The second kappa shape index (κ2) is 7.12. The van der Waals surface area contributed by atoms with Crippen LogP contribution in [0.5, 0.6) is 0 Å². The van der Waals surface area contributed by atoms with Gasteiger partial charge in [0.05, 0.1) is 6.04 Å². The molecule has 1 N–H and O–H groups in total. The highest BCUT2D eigenvalue weighted by molar-refractivity contribution is 5.46. The van der Waals surface area contributed by atoms with Crippen molar-refractivity contribution in [2.75, 3.05) is 13.1 Å². The van der Waals surface area contributed by atoms with Crippen LogP contribution in [-0.2, 0) is 6.42 Å². The molecule has 2 aliphatic heterocycles. The van der Waals surface area contributed by atoms with E-state index in [9.17, 15) is 0 Å². The van der Waals surface area contributed by atoms with Gasteiger partial charge in [-0.1, -0.05) is 67.2 Å². The van der Waals surface area contributed by atoms with Gasteiger partial charge in [0.15, 0.2) is 0 Å². The van der Waals surface area contributed by atoms with E-state index in [4.69, 9.17) is 0 Å². The quantitative estimate of drug-likeness (QED) is 0.882. The Hall–Kier alpha value is -2.58. The number of nitrogens with zero attached hydrogens (tertiary/aromatic N) is 1. The summed E-state index contributed by atoms with van der Waals surface area (Å²) in [7, 11) is 0. The first-order valence-electron chi connectivity index (χ1n) is 9.02. The molecule has 0 aliphatic carbocycles. The van der Waals surface area contributed by atoms with E-state index in [2.05, 4.69) is 89.7 Å². The number of nitrogens with one attached hydrogen (secondary N) is 1. The molecule has 2 heteroatoms. The van der Waals surface area contributed by atoms with E-state index in [1.807, 2.05) is 0 Å². The van der Waals surface area contributed by atoms with Crippen LogP contribution in [0, 0.1) is 0 Å². The maximum Gasteiger partial charge on any atom is 0.0731 e. The summed E-state index contributed by atoms with van der Waals surface area (Å²) in [6, 6.07) is 21.6. The minimum absolute atomic E-state index is 0.249. The summed E-state index contributed by atoms with van der Waals surface area (Å²) in [6.07, 6.45) is 6.68. The summed E-state index contributed by atoms with van der Waals surface area (Å²) in [5, 5.41) is 3.65. The third kappa shape index (κ3) is 3.45. The molecule has 0 radical (unpaired) electrons. The van der Waals surface area contributed by atoms with Gasteiger partial charge in [-0.3, -0.25) is 0 Å². The van der Waals surface area contributed by atoms with E-state index in [0.717, 1.165) is 31.5 Å². The Morgan fingerprint density at radius 2 is 1.68 bits per heavy atom. The zero-order chi connectivity index (χ0) is 17.1. The molecule has 1 atom stereocenters. The van der Waals surface area contributed by atoms with Crippen LogP contribution in [0.4, 0.5) is 0 Å². The Morgan fingerprint density at radius 1 is 0.960 bits per heavy atom.